The molecule has 1 aliphatic rings. The van der Waals surface area contributed by atoms with Gasteiger partial charge in [-0.2, -0.15) is 4.31 Å². The summed E-state index contributed by atoms with van der Waals surface area (Å²) in [6, 6.07) is 16.1. The Morgan fingerprint density at radius 1 is 0.912 bits per heavy atom. The zero-order chi connectivity index (χ0) is 24.6. The highest BCUT2D eigenvalue weighted by Gasteiger charge is 2.44. The summed E-state index contributed by atoms with van der Waals surface area (Å²) < 4.78 is 29.4. The normalized spacial score (nSPS) is 19.0. The quantitative estimate of drug-likeness (QED) is 0.387. The van der Waals surface area contributed by atoms with E-state index in [0.717, 1.165) is 5.56 Å². The van der Waals surface area contributed by atoms with E-state index in [0.29, 0.717) is 21.2 Å². The van der Waals surface area contributed by atoms with E-state index >= 15 is 0 Å². The van der Waals surface area contributed by atoms with Gasteiger partial charge in [0.2, 0.25) is 10.0 Å². The number of carboxylic acid groups (broad SMARTS) is 1. The second kappa shape index (κ2) is 9.72. The topological polar surface area (TPSA) is 74.7 Å². The van der Waals surface area contributed by atoms with Crippen LogP contribution in [0.3, 0.4) is 0 Å². The summed E-state index contributed by atoms with van der Waals surface area (Å²) in [6.07, 6.45) is 1.71. The van der Waals surface area contributed by atoms with Crippen molar-refractivity contribution in [2.24, 2.45) is 0 Å². The Morgan fingerprint density at radius 3 is 2.12 bits per heavy atom. The molecule has 0 aromatic heterocycles. The van der Waals surface area contributed by atoms with Crippen LogP contribution >= 0.6 is 34.8 Å². The molecule has 9 heteroatoms. The summed E-state index contributed by atoms with van der Waals surface area (Å²) in [7, 11) is -4.15. The first kappa shape index (κ1) is 24.8. The van der Waals surface area contributed by atoms with Crippen LogP contribution < -0.4 is 0 Å². The minimum Gasteiger partial charge on any atom is -0.478 e. The van der Waals surface area contributed by atoms with Gasteiger partial charge in [-0.15, -0.1) is 0 Å². The molecule has 0 bridgehead atoms. The van der Waals surface area contributed by atoms with Gasteiger partial charge in [0, 0.05) is 5.02 Å². The zero-order valence-corrected chi connectivity index (χ0v) is 21.0. The van der Waals surface area contributed by atoms with Crippen LogP contribution in [0.25, 0.3) is 0 Å². The average molecular weight is 537 g/mol. The molecule has 1 unspecified atom stereocenters. The van der Waals surface area contributed by atoms with Crippen molar-refractivity contribution in [1.29, 1.82) is 0 Å². The first-order chi connectivity index (χ1) is 16.1. The van der Waals surface area contributed by atoms with Crippen LogP contribution in [-0.2, 0) is 14.8 Å². The molecular formula is C25H20Cl3NO4S. The monoisotopic (exact) mass is 535 g/mol. The number of halogens is 3. The highest BCUT2D eigenvalue weighted by atomic mass is 35.5. The number of carbonyl (C=O) groups is 1. The van der Waals surface area contributed by atoms with Crippen molar-refractivity contribution in [2.75, 3.05) is 0 Å². The zero-order valence-electron chi connectivity index (χ0n) is 18.0. The molecule has 1 N–H and O–H groups in total. The number of rotatable bonds is 5. The van der Waals surface area contributed by atoms with E-state index < -0.39 is 28.1 Å². The summed E-state index contributed by atoms with van der Waals surface area (Å²) >= 11 is 18.4. The smallest absolute Gasteiger partial charge is 0.333 e. The van der Waals surface area contributed by atoms with Gasteiger partial charge in [0.1, 0.15) is 0 Å². The Bertz CT molecular complexity index is 1370. The molecule has 2 atom stereocenters. The van der Waals surface area contributed by atoms with Gasteiger partial charge in [-0.25, -0.2) is 13.2 Å². The second-order valence-corrected chi connectivity index (χ2v) is 11.1. The number of carboxylic acids is 1. The minimum absolute atomic E-state index is 0.0330. The highest BCUT2D eigenvalue weighted by molar-refractivity contribution is 7.89. The maximum absolute atomic E-state index is 14.1. The molecular weight excluding hydrogens is 517 g/mol. The maximum atomic E-state index is 14.1. The minimum atomic E-state index is -4.15. The van der Waals surface area contributed by atoms with Crippen LogP contribution in [0.4, 0.5) is 0 Å². The summed E-state index contributed by atoms with van der Waals surface area (Å²) in [5.74, 6) is -1.20. The molecule has 5 nitrogen and oxygen atoms in total. The van der Waals surface area contributed by atoms with Crippen LogP contribution in [0, 0.1) is 6.92 Å². The standard InChI is InChI=1S/C25H20Cl3NO4S/c1-15-2-9-19(10-3-15)34(32,33)29-23(17-6-12-21(27)22(28)14-17)13-11-20(25(30)31)24(29)16-4-7-18(26)8-5-16/h2-12,14,23-24H,13H2,1H3,(H,30,31)/t23?,24-/m0/s1. The van der Waals surface area contributed by atoms with E-state index in [1.54, 1.807) is 60.7 Å². The lowest BCUT2D eigenvalue weighted by molar-refractivity contribution is -0.133. The van der Waals surface area contributed by atoms with E-state index in [4.69, 9.17) is 34.8 Å². The van der Waals surface area contributed by atoms with Crippen LogP contribution in [0.2, 0.25) is 15.1 Å². The Hall–Kier alpha value is -2.35. The molecule has 0 spiro atoms. The third kappa shape index (κ3) is 4.74. The molecule has 0 saturated heterocycles. The molecule has 0 radical (unpaired) electrons. The summed E-state index contributed by atoms with van der Waals surface area (Å²) in [5, 5.41) is 11.1. The van der Waals surface area contributed by atoms with E-state index in [1.807, 2.05) is 6.92 Å². The van der Waals surface area contributed by atoms with Crippen molar-refractivity contribution in [3.63, 3.8) is 0 Å². The van der Waals surface area contributed by atoms with Crippen molar-refractivity contribution >= 4 is 50.8 Å². The fraction of sp³-hybridized carbons (Fsp3) is 0.160. The number of hydrogen-bond acceptors (Lipinski definition) is 3. The molecule has 4 rings (SSSR count). The van der Waals surface area contributed by atoms with E-state index in [9.17, 15) is 18.3 Å². The van der Waals surface area contributed by atoms with Crippen LogP contribution in [0.15, 0.2) is 83.3 Å². The summed E-state index contributed by atoms with van der Waals surface area (Å²) in [4.78, 5) is 12.3. The average Bonchev–Trinajstić information content (AvgIpc) is 2.80. The Morgan fingerprint density at radius 2 is 1.53 bits per heavy atom. The Labute approximate surface area is 213 Å². The lowest BCUT2D eigenvalue weighted by atomic mass is 9.89. The predicted octanol–water partition coefficient (Wildman–Crippen LogP) is 6.84. The van der Waals surface area contributed by atoms with Crippen LogP contribution in [-0.4, -0.2) is 23.8 Å². The number of sulfonamides is 1. The first-order valence-electron chi connectivity index (χ1n) is 10.3. The Kier molecular flexibility index (Phi) is 7.08. The SMILES string of the molecule is Cc1ccc(S(=O)(=O)N2C(c3ccc(Cl)c(Cl)c3)CC=C(C(=O)O)[C@@H]2c2ccc(Cl)cc2)cc1. The lowest BCUT2D eigenvalue weighted by Crippen LogP contribution is -2.42. The van der Waals surface area contributed by atoms with Crippen molar-refractivity contribution in [1.82, 2.24) is 4.31 Å². The predicted molar refractivity (Wildman–Crippen MR) is 134 cm³/mol. The molecule has 3 aromatic rings. The van der Waals surface area contributed by atoms with Crippen molar-refractivity contribution in [3.8, 4) is 0 Å². The van der Waals surface area contributed by atoms with Crippen LogP contribution in [0.1, 0.15) is 35.2 Å². The third-order valence-corrected chi connectivity index (χ3v) is 8.65. The number of aryl methyl sites for hydroxylation is 1. The lowest BCUT2D eigenvalue weighted by Gasteiger charge is -2.40. The van der Waals surface area contributed by atoms with Gasteiger partial charge >= 0.3 is 5.97 Å². The maximum Gasteiger partial charge on any atom is 0.333 e. The summed E-state index contributed by atoms with van der Waals surface area (Å²) in [6.45, 7) is 1.86. The Balaban J connectivity index is 1.97. The van der Waals surface area contributed by atoms with Gasteiger partial charge in [0.05, 0.1) is 32.6 Å². The number of hydrogen-bond donors (Lipinski definition) is 1. The third-order valence-electron chi connectivity index (χ3n) is 5.77. The molecule has 3 aromatic carbocycles. The van der Waals surface area contributed by atoms with E-state index in [1.165, 1.54) is 16.4 Å². The van der Waals surface area contributed by atoms with Gasteiger partial charge in [-0.1, -0.05) is 76.8 Å². The molecule has 1 heterocycles. The van der Waals surface area contributed by atoms with Gasteiger partial charge in [0.15, 0.2) is 0 Å². The van der Waals surface area contributed by atoms with Gasteiger partial charge in [-0.3, -0.25) is 0 Å². The van der Waals surface area contributed by atoms with Crippen LogP contribution in [0.5, 0.6) is 0 Å². The molecule has 0 amide bonds. The van der Waals surface area contributed by atoms with E-state index in [-0.39, 0.29) is 21.9 Å². The number of aliphatic carboxylic acids is 1. The van der Waals surface area contributed by atoms with E-state index in [2.05, 4.69) is 0 Å². The van der Waals surface area contributed by atoms with Gasteiger partial charge < -0.3 is 5.11 Å². The molecule has 176 valence electrons. The first-order valence-corrected chi connectivity index (χ1v) is 12.9. The van der Waals surface area contributed by atoms with Gasteiger partial charge in [0.25, 0.3) is 0 Å². The van der Waals surface area contributed by atoms with Crippen molar-refractivity contribution in [2.45, 2.75) is 30.3 Å². The van der Waals surface area contributed by atoms with Crippen molar-refractivity contribution < 1.29 is 18.3 Å². The second-order valence-electron chi connectivity index (χ2n) is 7.99. The van der Waals surface area contributed by atoms with Gasteiger partial charge in [-0.05, 0) is 60.9 Å². The number of nitrogens with zero attached hydrogens (tertiary/aromatic N) is 1. The largest absolute Gasteiger partial charge is 0.478 e. The molecule has 0 aliphatic carbocycles. The fourth-order valence-corrected chi connectivity index (χ4v) is 6.30. The summed E-state index contributed by atoms with van der Waals surface area (Å²) in [5.41, 5.74) is 1.96. The fourth-order valence-electron chi connectivity index (χ4n) is 4.09. The molecule has 0 fully saturated rings. The molecule has 0 saturated carbocycles. The molecule has 34 heavy (non-hydrogen) atoms. The number of benzene rings is 3. The highest BCUT2D eigenvalue weighted by Crippen LogP contribution is 2.46. The van der Waals surface area contributed by atoms with Crippen molar-refractivity contribution in [3.05, 3.63) is 110 Å². The molecule has 1 aliphatic heterocycles.